The van der Waals surface area contributed by atoms with Crippen LogP contribution in [-0.2, 0) is 9.59 Å². The molecule has 0 radical (unpaired) electrons. The Morgan fingerprint density at radius 3 is 2.14 bits per heavy atom. The SMILES string of the molecule is Cc1cccc(NC(=O)C(=O)Nn2c(C(=O)Nc3c(C)cccc3C)cc3cc(Br)ccc32)c1C. The van der Waals surface area contributed by atoms with Crippen molar-refractivity contribution in [1.29, 1.82) is 0 Å². The van der Waals surface area contributed by atoms with Crippen molar-refractivity contribution in [2.24, 2.45) is 0 Å². The molecule has 0 aliphatic heterocycles. The number of benzene rings is 3. The molecule has 35 heavy (non-hydrogen) atoms. The quantitative estimate of drug-likeness (QED) is 0.299. The maximum Gasteiger partial charge on any atom is 0.328 e. The molecule has 0 aliphatic rings. The summed E-state index contributed by atoms with van der Waals surface area (Å²) in [5, 5.41) is 6.32. The summed E-state index contributed by atoms with van der Waals surface area (Å²) >= 11 is 3.44. The van der Waals surface area contributed by atoms with Crippen LogP contribution >= 0.6 is 15.9 Å². The van der Waals surface area contributed by atoms with Gasteiger partial charge in [0.2, 0.25) is 0 Å². The maximum absolute atomic E-state index is 13.3. The van der Waals surface area contributed by atoms with E-state index in [0.29, 0.717) is 16.9 Å². The molecule has 8 heteroatoms. The molecule has 0 unspecified atom stereocenters. The Labute approximate surface area is 211 Å². The Morgan fingerprint density at radius 1 is 0.771 bits per heavy atom. The monoisotopic (exact) mass is 532 g/mol. The van der Waals surface area contributed by atoms with Gasteiger partial charge in [-0.15, -0.1) is 0 Å². The zero-order valence-corrected chi connectivity index (χ0v) is 21.4. The van der Waals surface area contributed by atoms with E-state index in [4.69, 9.17) is 0 Å². The van der Waals surface area contributed by atoms with Crippen LogP contribution in [-0.4, -0.2) is 22.4 Å². The minimum Gasteiger partial charge on any atom is -0.320 e. The number of carbonyl (C=O) groups excluding carboxylic acids is 3. The fourth-order valence-electron chi connectivity index (χ4n) is 3.88. The van der Waals surface area contributed by atoms with Crippen molar-refractivity contribution in [1.82, 2.24) is 4.68 Å². The van der Waals surface area contributed by atoms with E-state index in [1.807, 2.05) is 64.1 Å². The first-order valence-electron chi connectivity index (χ1n) is 11.0. The van der Waals surface area contributed by atoms with E-state index in [2.05, 4.69) is 32.0 Å². The van der Waals surface area contributed by atoms with Crippen LogP contribution in [0.25, 0.3) is 10.9 Å². The lowest BCUT2D eigenvalue weighted by atomic mass is 10.1. The van der Waals surface area contributed by atoms with Gasteiger partial charge in [-0.05, 0) is 80.3 Å². The number of rotatable bonds is 4. The second-order valence-corrected chi connectivity index (χ2v) is 9.35. The summed E-state index contributed by atoms with van der Waals surface area (Å²) < 4.78 is 2.17. The van der Waals surface area contributed by atoms with Crippen LogP contribution in [0.2, 0.25) is 0 Å². The molecule has 3 aromatic carbocycles. The van der Waals surface area contributed by atoms with E-state index in [0.717, 1.165) is 32.1 Å². The second-order valence-electron chi connectivity index (χ2n) is 8.43. The molecule has 0 saturated carbocycles. The van der Waals surface area contributed by atoms with Gasteiger partial charge in [0.25, 0.3) is 5.91 Å². The molecule has 1 heterocycles. The molecule has 4 rings (SSSR count). The van der Waals surface area contributed by atoms with Crippen LogP contribution in [0.4, 0.5) is 11.4 Å². The van der Waals surface area contributed by atoms with E-state index in [1.165, 1.54) is 4.68 Å². The number of anilines is 2. The first-order valence-corrected chi connectivity index (χ1v) is 11.8. The van der Waals surface area contributed by atoms with Gasteiger partial charge in [0, 0.05) is 21.2 Å². The Balaban J connectivity index is 1.66. The summed E-state index contributed by atoms with van der Waals surface area (Å²) in [5.74, 6) is -2.14. The number of aryl methyl sites for hydroxylation is 3. The molecular weight excluding hydrogens is 508 g/mol. The van der Waals surface area contributed by atoms with E-state index in [1.54, 1.807) is 24.3 Å². The lowest BCUT2D eigenvalue weighted by Crippen LogP contribution is -2.36. The molecule has 3 N–H and O–H groups in total. The third kappa shape index (κ3) is 4.97. The highest BCUT2D eigenvalue weighted by molar-refractivity contribution is 9.10. The average molecular weight is 533 g/mol. The first kappa shape index (κ1) is 24.2. The van der Waals surface area contributed by atoms with Gasteiger partial charge in [-0.1, -0.05) is 46.3 Å². The lowest BCUT2D eigenvalue weighted by Gasteiger charge is -2.15. The van der Waals surface area contributed by atoms with Crippen molar-refractivity contribution in [3.63, 3.8) is 0 Å². The highest BCUT2D eigenvalue weighted by Crippen LogP contribution is 2.25. The summed E-state index contributed by atoms with van der Waals surface area (Å²) in [6.07, 6.45) is 0. The number of amides is 3. The van der Waals surface area contributed by atoms with Crippen molar-refractivity contribution >= 4 is 55.9 Å². The normalized spacial score (nSPS) is 10.8. The fraction of sp³-hybridized carbons (Fsp3) is 0.148. The molecule has 0 saturated heterocycles. The van der Waals surface area contributed by atoms with Crippen LogP contribution in [0.15, 0.2) is 65.1 Å². The molecule has 0 bridgehead atoms. The summed E-state index contributed by atoms with van der Waals surface area (Å²) in [6.45, 7) is 7.62. The summed E-state index contributed by atoms with van der Waals surface area (Å²) in [5.41, 5.74) is 8.32. The summed E-state index contributed by atoms with van der Waals surface area (Å²) in [4.78, 5) is 38.9. The molecule has 7 nitrogen and oxygen atoms in total. The summed E-state index contributed by atoms with van der Waals surface area (Å²) in [7, 11) is 0. The Bertz CT molecular complexity index is 1470. The number of fused-ring (bicyclic) bond motifs is 1. The third-order valence-electron chi connectivity index (χ3n) is 5.99. The predicted octanol–water partition coefficient (Wildman–Crippen LogP) is 5.60. The van der Waals surface area contributed by atoms with Crippen molar-refractivity contribution in [3.8, 4) is 0 Å². The molecule has 0 aliphatic carbocycles. The van der Waals surface area contributed by atoms with Gasteiger partial charge in [0.1, 0.15) is 5.69 Å². The topological polar surface area (TPSA) is 92.2 Å². The van der Waals surface area contributed by atoms with E-state index in [9.17, 15) is 14.4 Å². The zero-order valence-electron chi connectivity index (χ0n) is 19.8. The van der Waals surface area contributed by atoms with Gasteiger partial charge in [0.15, 0.2) is 0 Å². The number of para-hydroxylation sites is 1. The molecular formula is C27H25BrN4O3. The average Bonchev–Trinajstić information content (AvgIpc) is 3.16. The predicted molar refractivity (Wildman–Crippen MR) is 142 cm³/mol. The Morgan fingerprint density at radius 2 is 1.43 bits per heavy atom. The van der Waals surface area contributed by atoms with Gasteiger partial charge in [-0.25, -0.2) is 4.68 Å². The van der Waals surface area contributed by atoms with Crippen molar-refractivity contribution in [3.05, 3.63) is 93.1 Å². The van der Waals surface area contributed by atoms with Crippen LogP contribution in [0.1, 0.15) is 32.7 Å². The number of aromatic nitrogens is 1. The van der Waals surface area contributed by atoms with E-state index in [-0.39, 0.29) is 5.69 Å². The minimum absolute atomic E-state index is 0.189. The number of halogens is 1. The van der Waals surface area contributed by atoms with E-state index >= 15 is 0 Å². The zero-order chi connectivity index (χ0) is 25.3. The van der Waals surface area contributed by atoms with Crippen LogP contribution in [0.3, 0.4) is 0 Å². The van der Waals surface area contributed by atoms with Crippen molar-refractivity contribution < 1.29 is 14.4 Å². The molecule has 0 fully saturated rings. The van der Waals surface area contributed by atoms with Gasteiger partial charge >= 0.3 is 11.8 Å². The lowest BCUT2D eigenvalue weighted by molar-refractivity contribution is -0.133. The van der Waals surface area contributed by atoms with Crippen molar-refractivity contribution in [2.45, 2.75) is 27.7 Å². The Hall–Kier alpha value is -3.91. The number of carbonyl (C=O) groups is 3. The Kier molecular flexibility index (Phi) is 6.75. The highest BCUT2D eigenvalue weighted by Gasteiger charge is 2.22. The number of nitrogens with zero attached hydrogens (tertiary/aromatic N) is 1. The largest absolute Gasteiger partial charge is 0.328 e. The van der Waals surface area contributed by atoms with Crippen LogP contribution in [0, 0.1) is 27.7 Å². The van der Waals surface area contributed by atoms with Crippen LogP contribution in [0.5, 0.6) is 0 Å². The molecule has 3 amide bonds. The molecule has 178 valence electrons. The van der Waals surface area contributed by atoms with Crippen LogP contribution < -0.4 is 16.1 Å². The number of hydrogen-bond donors (Lipinski definition) is 3. The molecule has 4 aromatic rings. The number of hydrogen-bond acceptors (Lipinski definition) is 3. The minimum atomic E-state index is -0.896. The fourth-order valence-corrected chi connectivity index (χ4v) is 4.26. The van der Waals surface area contributed by atoms with Gasteiger partial charge in [0.05, 0.1) is 5.52 Å². The van der Waals surface area contributed by atoms with Gasteiger partial charge in [-0.3, -0.25) is 19.8 Å². The van der Waals surface area contributed by atoms with Gasteiger partial charge < -0.3 is 10.6 Å². The molecule has 0 atom stereocenters. The number of nitrogens with one attached hydrogen (secondary N) is 3. The summed E-state index contributed by atoms with van der Waals surface area (Å²) in [6, 6.07) is 18.3. The standard InChI is InChI=1S/C27H25BrN4O3/c1-15-7-6-10-21(18(15)4)29-26(34)27(35)31-32-22-12-11-20(28)13-19(22)14-23(32)25(33)30-24-16(2)8-5-9-17(24)3/h5-14H,1-4H3,(H,29,34)(H,30,33)(H,31,35). The first-order chi connectivity index (χ1) is 16.7. The molecule has 1 aromatic heterocycles. The smallest absolute Gasteiger partial charge is 0.320 e. The van der Waals surface area contributed by atoms with Crippen molar-refractivity contribution in [2.75, 3.05) is 16.1 Å². The van der Waals surface area contributed by atoms with E-state index < -0.39 is 17.7 Å². The molecule has 0 spiro atoms. The third-order valence-corrected chi connectivity index (χ3v) is 6.48. The highest BCUT2D eigenvalue weighted by atomic mass is 79.9. The maximum atomic E-state index is 13.3. The second kappa shape index (κ2) is 9.76. The van der Waals surface area contributed by atoms with Gasteiger partial charge in [-0.2, -0.15) is 0 Å².